The molecule has 1 unspecified atom stereocenters. The summed E-state index contributed by atoms with van der Waals surface area (Å²) in [5.74, 6) is 1.75. The van der Waals surface area contributed by atoms with E-state index in [9.17, 15) is 0 Å². The highest BCUT2D eigenvalue weighted by molar-refractivity contribution is 5.44. The van der Waals surface area contributed by atoms with E-state index in [1.54, 1.807) is 0 Å². The Labute approximate surface area is 116 Å². The molecule has 1 atom stereocenters. The van der Waals surface area contributed by atoms with Gasteiger partial charge >= 0.3 is 0 Å². The lowest BCUT2D eigenvalue weighted by atomic mass is 9.96. The van der Waals surface area contributed by atoms with Crippen molar-refractivity contribution in [2.75, 3.05) is 13.3 Å². The van der Waals surface area contributed by atoms with Gasteiger partial charge in [-0.2, -0.15) is 0 Å². The summed E-state index contributed by atoms with van der Waals surface area (Å²) >= 11 is 0. The predicted octanol–water partition coefficient (Wildman–Crippen LogP) is 3.37. The fourth-order valence-corrected chi connectivity index (χ4v) is 2.06. The number of rotatable bonds is 5. The van der Waals surface area contributed by atoms with E-state index in [0.717, 1.165) is 30.9 Å². The standard InChI is InChI=1S/C16H25NO2/c1-12(17-10-16(2,3)4)5-6-13-7-8-14-15(9-13)19-11-18-14/h7-9,12,17H,5-6,10-11H2,1-4H3. The van der Waals surface area contributed by atoms with E-state index in [1.807, 2.05) is 6.07 Å². The second-order valence-corrected chi connectivity index (χ2v) is 6.57. The van der Waals surface area contributed by atoms with Crippen LogP contribution < -0.4 is 14.8 Å². The van der Waals surface area contributed by atoms with Gasteiger partial charge in [-0.05, 0) is 42.9 Å². The SMILES string of the molecule is CC(CCc1ccc2c(c1)OCO2)NCC(C)(C)C. The van der Waals surface area contributed by atoms with Crippen LogP contribution in [0.3, 0.4) is 0 Å². The van der Waals surface area contributed by atoms with Gasteiger partial charge in [0.25, 0.3) is 0 Å². The summed E-state index contributed by atoms with van der Waals surface area (Å²) in [7, 11) is 0. The highest BCUT2D eigenvalue weighted by Gasteiger charge is 2.14. The van der Waals surface area contributed by atoms with Gasteiger partial charge in [0.05, 0.1) is 0 Å². The molecule has 1 aromatic carbocycles. The van der Waals surface area contributed by atoms with Crippen LogP contribution in [0.2, 0.25) is 0 Å². The third-order valence-corrected chi connectivity index (χ3v) is 3.28. The minimum atomic E-state index is 0.340. The average Bonchev–Trinajstić information content (AvgIpc) is 2.80. The minimum Gasteiger partial charge on any atom is -0.454 e. The van der Waals surface area contributed by atoms with E-state index in [-0.39, 0.29) is 0 Å². The first-order valence-electron chi connectivity index (χ1n) is 7.06. The lowest BCUT2D eigenvalue weighted by Crippen LogP contribution is -2.34. The maximum Gasteiger partial charge on any atom is 0.231 e. The van der Waals surface area contributed by atoms with Crippen LogP contribution in [0.5, 0.6) is 11.5 Å². The molecule has 3 nitrogen and oxygen atoms in total. The van der Waals surface area contributed by atoms with Gasteiger partial charge < -0.3 is 14.8 Å². The van der Waals surface area contributed by atoms with Crippen molar-refractivity contribution < 1.29 is 9.47 Å². The summed E-state index contributed by atoms with van der Waals surface area (Å²) in [6.07, 6.45) is 2.20. The van der Waals surface area contributed by atoms with E-state index in [0.29, 0.717) is 18.2 Å². The zero-order chi connectivity index (χ0) is 13.9. The minimum absolute atomic E-state index is 0.340. The molecule has 0 bridgehead atoms. The van der Waals surface area contributed by atoms with Gasteiger partial charge in [-0.25, -0.2) is 0 Å². The summed E-state index contributed by atoms with van der Waals surface area (Å²) in [6.45, 7) is 10.4. The van der Waals surface area contributed by atoms with Crippen molar-refractivity contribution in [1.29, 1.82) is 0 Å². The van der Waals surface area contributed by atoms with E-state index < -0.39 is 0 Å². The number of hydrogen-bond acceptors (Lipinski definition) is 3. The van der Waals surface area contributed by atoms with Crippen LogP contribution in [0.15, 0.2) is 18.2 Å². The van der Waals surface area contributed by atoms with E-state index in [4.69, 9.17) is 9.47 Å². The summed E-state index contributed by atoms with van der Waals surface area (Å²) in [4.78, 5) is 0. The Kier molecular flexibility index (Phi) is 4.35. The molecule has 0 amide bonds. The molecule has 0 spiro atoms. The van der Waals surface area contributed by atoms with Crippen LogP contribution >= 0.6 is 0 Å². The van der Waals surface area contributed by atoms with Gasteiger partial charge in [0, 0.05) is 12.6 Å². The lowest BCUT2D eigenvalue weighted by molar-refractivity contribution is 0.174. The Morgan fingerprint density at radius 2 is 1.95 bits per heavy atom. The van der Waals surface area contributed by atoms with Crippen LogP contribution in [0.4, 0.5) is 0 Å². The molecule has 0 radical (unpaired) electrons. The predicted molar refractivity (Wildman–Crippen MR) is 77.8 cm³/mol. The van der Waals surface area contributed by atoms with Gasteiger partial charge in [0.15, 0.2) is 11.5 Å². The molecule has 1 N–H and O–H groups in total. The zero-order valence-electron chi connectivity index (χ0n) is 12.5. The summed E-state index contributed by atoms with van der Waals surface area (Å²) < 4.78 is 10.7. The molecule has 0 saturated heterocycles. The second-order valence-electron chi connectivity index (χ2n) is 6.57. The molecule has 19 heavy (non-hydrogen) atoms. The van der Waals surface area contributed by atoms with Crippen molar-refractivity contribution in [3.63, 3.8) is 0 Å². The Morgan fingerprint density at radius 3 is 2.68 bits per heavy atom. The summed E-state index contributed by atoms with van der Waals surface area (Å²) in [5, 5.41) is 3.59. The normalized spacial score (nSPS) is 15.6. The fraction of sp³-hybridized carbons (Fsp3) is 0.625. The van der Waals surface area contributed by atoms with Gasteiger partial charge in [0.2, 0.25) is 6.79 Å². The molecule has 0 aromatic heterocycles. The van der Waals surface area contributed by atoms with Crippen molar-refractivity contribution in [2.45, 2.75) is 46.6 Å². The van der Waals surface area contributed by atoms with E-state index in [1.165, 1.54) is 5.56 Å². The van der Waals surface area contributed by atoms with Gasteiger partial charge in [-0.3, -0.25) is 0 Å². The lowest BCUT2D eigenvalue weighted by Gasteiger charge is -2.22. The third-order valence-electron chi connectivity index (χ3n) is 3.28. The highest BCUT2D eigenvalue weighted by atomic mass is 16.7. The monoisotopic (exact) mass is 263 g/mol. The van der Waals surface area contributed by atoms with Crippen molar-refractivity contribution in [3.05, 3.63) is 23.8 Å². The molecule has 0 saturated carbocycles. The van der Waals surface area contributed by atoms with Crippen molar-refractivity contribution in [3.8, 4) is 11.5 Å². The first-order valence-corrected chi connectivity index (χ1v) is 7.06. The molecule has 3 heteroatoms. The zero-order valence-corrected chi connectivity index (χ0v) is 12.5. The molecule has 106 valence electrons. The molecule has 1 heterocycles. The topological polar surface area (TPSA) is 30.5 Å². The molecule has 1 aliphatic heterocycles. The Hall–Kier alpha value is -1.22. The molecular formula is C16H25NO2. The van der Waals surface area contributed by atoms with Crippen LogP contribution in [-0.2, 0) is 6.42 Å². The van der Waals surface area contributed by atoms with E-state index >= 15 is 0 Å². The Bertz CT molecular complexity index is 423. The molecule has 0 aliphatic carbocycles. The summed E-state index contributed by atoms with van der Waals surface area (Å²) in [5.41, 5.74) is 1.65. The largest absolute Gasteiger partial charge is 0.454 e. The summed E-state index contributed by atoms with van der Waals surface area (Å²) in [6, 6.07) is 6.76. The number of fused-ring (bicyclic) bond motifs is 1. The van der Waals surface area contributed by atoms with Crippen LogP contribution in [0.25, 0.3) is 0 Å². The smallest absolute Gasteiger partial charge is 0.231 e. The number of benzene rings is 1. The average molecular weight is 263 g/mol. The molecule has 1 aliphatic rings. The first-order chi connectivity index (χ1) is 8.94. The first kappa shape index (κ1) is 14.2. The second kappa shape index (κ2) is 5.83. The van der Waals surface area contributed by atoms with Crippen molar-refractivity contribution in [2.24, 2.45) is 5.41 Å². The molecule has 2 rings (SSSR count). The van der Waals surface area contributed by atoms with Crippen LogP contribution in [0, 0.1) is 5.41 Å². The van der Waals surface area contributed by atoms with Gasteiger partial charge in [-0.15, -0.1) is 0 Å². The van der Waals surface area contributed by atoms with Gasteiger partial charge in [0.1, 0.15) is 0 Å². The third kappa shape index (κ3) is 4.43. The van der Waals surface area contributed by atoms with Gasteiger partial charge in [-0.1, -0.05) is 26.8 Å². The van der Waals surface area contributed by atoms with E-state index in [2.05, 4.69) is 45.1 Å². The number of ether oxygens (including phenoxy) is 2. The maximum absolute atomic E-state index is 5.40. The number of aryl methyl sites for hydroxylation is 1. The number of nitrogens with one attached hydrogen (secondary N) is 1. The van der Waals surface area contributed by atoms with Crippen molar-refractivity contribution >= 4 is 0 Å². The molecule has 0 fully saturated rings. The Morgan fingerprint density at radius 1 is 1.21 bits per heavy atom. The van der Waals surface area contributed by atoms with Crippen LogP contribution in [-0.4, -0.2) is 19.4 Å². The van der Waals surface area contributed by atoms with Crippen molar-refractivity contribution in [1.82, 2.24) is 5.32 Å². The highest BCUT2D eigenvalue weighted by Crippen LogP contribution is 2.32. The maximum atomic E-state index is 5.40. The molecular weight excluding hydrogens is 238 g/mol. The quantitative estimate of drug-likeness (QED) is 0.883. The van der Waals surface area contributed by atoms with Crippen LogP contribution in [0.1, 0.15) is 39.7 Å². The Balaban J connectivity index is 1.79. The number of hydrogen-bond donors (Lipinski definition) is 1. The fourth-order valence-electron chi connectivity index (χ4n) is 2.06. The molecule has 1 aromatic rings.